The van der Waals surface area contributed by atoms with Crippen molar-refractivity contribution in [3.63, 3.8) is 0 Å². The van der Waals surface area contributed by atoms with Crippen molar-refractivity contribution in [3.8, 4) is 0 Å². The molecule has 4 heteroatoms. The van der Waals surface area contributed by atoms with Crippen LogP contribution in [0.2, 0.25) is 0 Å². The van der Waals surface area contributed by atoms with E-state index in [0.29, 0.717) is 25.4 Å². The van der Waals surface area contributed by atoms with Crippen LogP contribution in [0.3, 0.4) is 0 Å². The summed E-state index contributed by atoms with van der Waals surface area (Å²) in [4.78, 5) is 26.3. The Morgan fingerprint density at radius 3 is 2.48 bits per heavy atom. The van der Waals surface area contributed by atoms with Crippen molar-refractivity contribution in [2.75, 3.05) is 13.1 Å². The number of hydrogen-bond acceptors (Lipinski definition) is 2. The van der Waals surface area contributed by atoms with E-state index in [9.17, 15) is 9.59 Å². The molecule has 1 fully saturated rings. The molecule has 1 saturated heterocycles. The molecule has 1 N–H and O–H groups in total. The van der Waals surface area contributed by atoms with E-state index in [1.165, 1.54) is 5.56 Å². The van der Waals surface area contributed by atoms with Gasteiger partial charge < -0.3 is 10.2 Å². The van der Waals surface area contributed by atoms with Crippen molar-refractivity contribution >= 4 is 11.8 Å². The lowest BCUT2D eigenvalue weighted by molar-refractivity contribution is -0.137. The Balaban J connectivity index is 1.96. The molecule has 1 aromatic rings. The van der Waals surface area contributed by atoms with Gasteiger partial charge in [0, 0.05) is 13.1 Å². The minimum atomic E-state index is -0.289. The molecule has 126 valence electrons. The molecule has 0 spiro atoms. The third-order valence-corrected chi connectivity index (χ3v) is 4.25. The van der Waals surface area contributed by atoms with Crippen molar-refractivity contribution in [1.29, 1.82) is 0 Å². The summed E-state index contributed by atoms with van der Waals surface area (Å²) in [5.41, 5.74) is 2.32. The van der Waals surface area contributed by atoms with Gasteiger partial charge in [-0.25, -0.2) is 0 Å². The maximum Gasteiger partial charge on any atom is 0.242 e. The van der Waals surface area contributed by atoms with Gasteiger partial charge in [-0.1, -0.05) is 38.1 Å². The zero-order valence-corrected chi connectivity index (χ0v) is 14.5. The molecule has 0 aromatic heterocycles. The van der Waals surface area contributed by atoms with Crippen LogP contribution in [0.15, 0.2) is 24.3 Å². The summed E-state index contributed by atoms with van der Waals surface area (Å²) in [6.45, 7) is 7.59. The van der Waals surface area contributed by atoms with Gasteiger partial charge in [-0.05, 0) is 43.2 Å². The largest absolute Gasteiger partial charge is 0.355 e. The number of amides is 2. The van der Waals surface area contributed by atoms with Crippen LogP contribution in [0, 0.1) is 5.92 Å². The van der Waals surface area contributed by atoms with Crippen molar-refractivity contribution < 1.29 is 9.59 Å². The average molecular weight is 316 g/mol. The second-order valence-electron chi connectivity index (χ2n) is 6.73. The highest BCUT2D eigenvalue weighted by Crippen LogP contribution is 2.19. The number of nitrogens with one attached hydrogen (secondary N) is 1. The molecule has 2 amide bonds. The Labute approximate surface area is 139 Å². The van der Waals surface area contributed by atoms with Crippen molar-refractivity contribution in [3.05, 3.63) is 35.4 Å². The van der Waals surface area contributed by atoms with Gasteiger partial charge in [-0.15, -0.1) is 0 Å². The summed E-state index contributed by atoms with van der Waals surface area (Å²) >= 11 is 0. The first kappa shape index (κ1) is 17.5. The predicted octanol–water partition coefficient (Wildman–Crippen LogP) is 2.55. The lowest BCUT2D eigenvalue weighted by Gasteiger charge is -2.24. The number of likely N-dealkylation sites (N-methyl/N-ethyl adjacent to an activating group) is 1. The summed E-state index contributed by atoms with van der Waals surface area (Å²) in [5, 5.41) is 2.83. The molecule has 23 heavy (non-hydrogen) atoms. The Kier molecular flexibility index (Phi) is 6.20. The number of likely N-dealkylation sites (tertiary alicyclic amines) is 1. The lowest BCUT2D eigenvalue weighted by Crippen LogP contribution is -2.46. The Bertz CT molecular complexity index is 537. The summed E-state index contributed by atoms with van der Waals surface area (Å²) in [6.07, 6.45) is 3.10. The molecular weight excluding hydrogens is 288 g/mol. The Hall–Kier alpha value is -1.84. The summed E-state index contributed by atoms with van der Waals surface area (Å²) < 4.78 is 0. The standard InChI is InChI=1S/C19H28N2O2/c1-4-20-19(23)17-6-5-11-21(17)18(22)13-16-9-7-15(8-10-16)12-14(2)3/h7-10,14,17H,4-6,11-13H2,1-3H3,(H,20,23). The van der Waals surface area contributed by atoms with E-state index in [4.69, 9.17) is 0 Å². The minimum absolute atomic E-state index is 0.0226. The molecule has 0 radical (unpaired) electrons. The van der Waals surface area contributed by atoms with Crippen LogP contribution >= 0.6 is 0 Å². The van der Waals surface area contributed by atoms with Gasteiger partial charge in [0.15, 0.2) is 0 Å². The van der Waals surface area contributed by atoms with Crippen LogP contribution in [0.25, 0.3) is 0 Å². The first-order valence-corrected chi connectivity index (χ1v) is 8.66. The van der Waals surface area contributed by atoms with Crippen molar-refractivity contribution in [2.24, 2.45) is 5.92 Å². The van der Waals surface area contributed by atoms with Crippen LogP contribution in [0.4, 0.5) is 0 Å². The summed E-state index contributed by atoms with van der Waals surface area (Å²) in [6, 6.07) is 7.99. The molecule has 1 aliphatic heterocycles. The maximum absolute atomic E-state index is 12.5. The van der Waals surface area contributed by atoms with Gasteiger partial charge in [-0.2, -0.15) is 0 Å². The zero-order valence-electron chi connectivity index (χ0n) is 14.5. The summed E-state index contributed by atoms with van der Waals surface area (Å²) in [7, 11) is 0. The van der Waals surface area contributed by atoms with Gasteiger partial charge in [0.1, 0.15) is 6.04 Å². The Morgan fingerprint density at radius 2 is 1.87 bits per heavy atom. The van der Waals surface area contributed by atoms with E-state index in [1.54, 1.807) is 4.90 Å². The van der Waals surface area contributed by atoms with Crippen LogP contribution in [-0.2, 0) is 22.4 Å². The molecule has 1 aromatic carbocycles. The molecule has 1 aliphatic rings. The van der Waals surface area contributed by atoms with Crippen LogP contribution in [0.1, 0.15) is 44.7 Å². The number of carbonyl (C=O) groups is 2. The highest BCUT2D eigenvalue weighted by molar-refractivity contribution is 5.89. The van der Waals surface area contributed by atoms with Gasteiger partial charge in [0.05, 0.1) is 6.42 Å². The van der Waals surface area contributed by atoms with Gasteiger partial charge in [0.25, 0.3) is 0 Å². The quantitative estimate of drug-likeness (QED) is 0.877. The van der Waals surface area contributed by atoms with E-state index < -0.39 is 0 Å². The molecule has 0 aliphatic carbocycles. The van der Waals surface area contributed by atoms with E-state index in [-0.39, 0.29) is 17.9 Å². The topological polar surface area (TPSA) is 49.4 Å². The molecule has 1 heterocycles. The van der Waals surface area contributed by atoms with Crippen molar-refractivity contribution in [2.45, 2.75) is 52.5 Å². The molecule has 1 unspecified atom stereocenters. The number of benzene rings is 1. The molecule has 0 bridgehead atoms. The first-order chi connectivity index (χ1) is 11.0. The fraction of sp³-hybridized carbons (Fsp3) is 0.579. The van der Waals surface area contributed by atoms with E-state index in [2.05, 4.69) is 31.3 Å². The molecule has 1 atom stereocenters. The fourth-order valence-corrected chi connectivity index (χ4v) is 3.17. The summed E-state index contributed by atoms with van der Waals surface area (Å²) in [5.74, 6) is 0.658. The highest BCUT2D eigenvalue weighted by Gasteiger charge is 2.33. The SMILES string of the molecule is CCNC(=O)C1CCCN1C(=O)Cc1ccc(CC(C)C)cc1. The number of rotatable bonds is 6. The second-order valence-corrected chi connectivity index (χ2v) is 6.73. The van der Waals surface area contributed by atoms with Gasteiger partial charge in [-0.3, -0.25) is 9.59 Å². The second kappa shape index (κ2) is 8.14. The number of carbonyl (C=O) groups excluding carboxylic acids is 2. The van der Waals surface area contributed by atoms with Gasteiger partial charge >= 0.3 is 0 Å². The van der Waals surface area contributed by atoms with E-state index in [0.717, 1.165) is 24.8 Å². The third kappa shape index (κ3) is 4.81. The number of hydrogen-bond donors (Lipinski definition) is 1. The van der Waals surface area contributed by atoms with E-state index >= 15 is 0 Å². The third-order valence-electron chi connectivity index (χ3n) is 4.25. The maximum atomic E-state index is 12.5. The minimum Gasteiger partial charge on any atom is -0.355 e. The van der Waals surface area contributed by atoms with Gasteiger partial charge in [0.2, 0.25) is 11.8 Å². The number of nitrogens with zero attached hydrogens (tertiary/aromatic N) is 1. The fourth-order valence-electron chi connectivity index (χ4n) is 3.17. The highest BCUT2D eigenvalue weighted by atomic mass is 16.2. The van der Waals surface area contributed by atoms with Crippen LogP contribution < -0.4 is 5.32 Å². The smallest absolute Gasteiger partial charge is 0.242 e. The molecule has 0 saturated carbocycles. The lowest BCUT2D eigenvalue weighted by atomic mass is 10.0. The van der Waals surface area contributed by atoms with E-state index in [1.807, 2.05) is 19.1 Å². The zero-order chi connectivity index (χ0) is 16.8. The Morgan fingerprint density at radius 1 is 1.22 bits per heavy atom. The predicted molar refractivity (Wildman–Crippen MR) is 92.1 cm³/mol. The average Bonchev–Trinajstić information content (AvgIpc) is 2.98. The molecule has 2 rings (SSSR count). The van der Waals surface area contributed by atoms with Crippen molar-refractivity contribution in [1.82, 2.24) is 10.2 Å². The first-order valence-electron chi connectivity index (χ1n) is 8.66. The molecule has 4 nitrogen and oxygen atoms in total. The van der Waals surface area contributed by atoms with Crippen LogP contribution in [0.5, 0.6) is 0 Å². The molecular formula is C19H28N2O2. The van der Waals surface area contributed by atoms with Crippen LogP contribution in [-0.4, -0.2) is 35.8 Å². The monoisotopic (exact) mass is 316 g/mol. The normalized spacial score (nSPS) is 17.6.